The summed E-state index contributed by atoms with van der Waals surface area (Å²) in [6.45, 7) is 7.69. The summed E-state index contributed by atoms with van der Waals surface area (Å²) in [4.78, 5) is 0. The third-order valence-corrected chi connectivity index (χ3v) is 8.98. The first kappa shape index (κ1) is 26.8. The SMILES string of the molecule is CCC(C)c1cc(C(F)(F)C(F)(F)c2cc(C(C)CC)c(N)c(C3CCC3)c2)cc(C2CCC2)c1N. The van der Waals surface area contributed by atoms with Gasteiger partial charge < -0.3 is 11.5 Å². The van der Waals surface area contributed by atoms with Gasteiger partial charge in [0.05, 0.1) is 0 Å². The lowest BCUT2D eigenvalue weighted by Gasteiger charge is -2.34. The Morgan fingerprint density at radius 3 is 1.28 bits per heavy atom. The van der Waals surface area contributed by atoms with Gasteiger partial charge in [-0.05, 0) is 109 Å². The molecular formula is C30H40F4N2. The predicted molar refractivity (Wildman–Crippen MR) is 140 cm³/mol. The first-order valence-corrected chi connectivity index (χ1v) is 13.6. The molecule has 2 fully saturated rings. The third kappa shape index (κ3) is 4.39. The van der Waals surface area contributed by atoms with E-state index in [-0.39, 0.29) is 23.7 Å². The number of hydrogen-bond acceptors (Lipinski definition) is 2. The van der Waals surface area contributed by atoms with Crippen molar-refractivity contribution in [1.29, 1.82) is 0 Å². The van der Waals surface area contributed by atoms with Gasteiger partial charge in [-0.2, -0.15) is 17.6 Å². The number of alkyl halides is 4. The van der Waals surface area contributed by atoms with Gasteiger partial charge in [0.25, 0.3) is 0 Å². The van der Waals surface area contributed by atoms with E-state index in [9.17, 15) is 0 Å². The maximum Gasteiger partial charge on any atom is 0.339 e. The fourth-order valence-corrected chi connectivity index (χ4v) is 5.49. The molecule has 0 aliphatic heterocycles. The first-order valence-electron chi connectivity index (χ1n) is 13.6. The van der Waals surface area contributed by atoms with Gasteiger partial charge in [0, 0.05) is 22.5 Å². The molecule has 0 amide bonds. The first-order chi connectivity index (χ1) is 16.9. The summed E-state index contributed by atoms with van der Waals surface area (Å²) in [7, 11) is 0. The monoisotopic (exact) mass is 504 g/mol. The Hall–Kier alpha value is -2.24. The van der Waals surface area contributed by atoms with Gasteiger partial charge in [-0.1, -0.05) is 40.5 Å². The molecule has 2 saturated carbocycles. The molecule has 2 aromatic carbocycles. The van der Waals surface area contributed by atoms with E-state index in [2.05, 4.69) is 0 Å². The molecule has 0 aromatic heterocycles. The molecule has 2 aliphatic carbocycles. The van der Waals surface area contributed by atoms with Crippen molar-refractivity contribution in [3.63, 3.8) is 0 Å². The van der Waals surface area contributed by atoms with Gasteiger partial charge in [-0.3, -0.25) is 0 Å². The maximum atomic E-state index is 16.0. The van der Waals surface area contributed by atoms with E-state index in [1.807, 2.05) is 27.7 Å². The van der Waals surface area contributed by atoms with Crippen LogP contribution in [0.1, 0.15) is 136 Å². The summed E-state index contributed by atoms with van der Waals surface area (Å²) in [6, 6.07) is 4.94. The summed E-state index contributed by atoms with van der Waals surface area (Å²) in [5.41, 5.74) is 14.8. The lowest BCUT2D eigenvalue weighted by Crippen LogP contribution is -2.36. The Bertz CT molecular complexity index is 963. The van der Waals surface area contributed by atoms with Gasteiger partial charge in [0.15, 0.2) is 0 Å². The second kappa shape index (κ2) is 9.90. The standard InChI is InChI=1S/C30H40F4N2/c1-5-17(3)23-13-21(15-25(27(23)35)19-9-7-10-19)29(31,32)30(33,34)22-14-24(18(4)6-2)28(36)26(16-22)20-11-8-12-20/h13-20H,5-12,35-36H2,1-4H3. The van der Waals surface area contributed by atoms with Crippen LogP contribution in [0.15, 0.2) is 24.3 Å². The molecule has 2 aliphatic rings. The zero-order valence-corrected chi connectivity index (χ0v) is 21.9. The normalized spacial score (nSPS) is 19.0. The zero-order valence-electron chi connectivity index (χ0n) is 21.9. The number of rotatable bonds is 9. The van der Waals surface area contributed by atoms with Crippen LogP contribution in [0.5, 0.6) is 0 Å². The van der Waals surface area contributed by atoms with E-state index < -0.39 is 23.0 Å². The van der Waals surface area contributed by atoms with Crippen LogP contribution in [0.4, 0.5) is 28.9 Å². The van der Waals surface area contributed by atoms with Crippen LogP contribution in [0.2, 0.25) is 0 Å². The molecule has 2 atom stereocenters. The Balaban J connectivity index is 1.86. The molecule has 0 radical (unpaired) electrons. The number of hydrogen-bond donors (Lipinski definition) is 2. The van der Waals surface area contributed by atoms with E-state index >= 15 is 17.6 Å². The molecule has 0 bridgehead atoms. The van der Waals surface area contributed by atoms with Gasteiger partial charge in [-0.15, -0.1) is 0 Å². The number of nitrogen functional groups attached to an aromatic ring is 2. The van der Waals surface area contributed by atoms with Crippen LogP contribution in [0.25, 0.3) is 0 Å². The number of halogens is 4. The predicted octanol–water partition coefficient (Wildman–Crippen LogP) is 9.30. The molecule has 0 saturated heterocycles. The Kier molecular flexibility index (Phi) is 7.38. The minimum atomic E-state index is -4.40. The Labute approximate surface area is 212 Å². The van der Waals surface area contributed by atoms with Gasteiger partial charge in [-0.25, -0.2) is 0 Å². The minimum absolute atomic E-state index is 0.0518. The van der Waals surface area contributed by atoms with Gasteiger partial charge >= 0.3 is 11.8 Å². The van der Waals surface area contributed by atoms with Crippen molar-refractivity contribution < 1.29 is 17.6 Å². The fraction of sp³-hybridized carbons (Fsp3) is 0.600. The highest BCUT2D eigenvalue weighted by Crippen LogP contribution is 2.54. The molecule has 0 spiro atoms. The molecule has 6 heteroatoms. The van der Waals surface area contributed by atoms with Crippen molar-refractivity contribution in [2.75, 3.05) is 11.5 Å². The lowest BCUT2D eigenvalue weighted by molar-refractivity contribution is -0.224. The van der Waals surface area contributed by atoms with Crippen molar-refractivity contribution in [3.05, 3.63) is 57.6 Å². The van der Waals surface area contributed by atoms with Crippen molar-refractivity contribution in [2.45, 2.75) is 115 Å². The molecule has 0 heterocycles. The molecule has 2 aromatic rings. The highest BCUT2D eigenvalue weighted by molar-refractivity contribution is 5.61. The summed E-state index contributed by atoms with van der Waals surface area (Å²) in [6.07, 6.45) is 6.72. The van der Waals surface area contributed by atoms with E-state index in [0.717, 1.165) is 38.5 Å². The van der Waals surface area contributed by atoms with E-state index in [1.54, 1.807) is 0 Å². The summed E-state index contributed by atoms with van der Waals surface area (Å²) < 4.78 is 63.9. The molecule has 2 nitrogen and oxygen atoms in total. The van der Waals surface area contributed by atoms with Crippen LogP contribution in [-0.4, -0.2) is 0 Å². The lowest BCUT2D eigenvalue weighted by atomic mass is 9.75. The highest BCUT2D eigenvalue weighted by Gasteiger charge is 2.59. The maximum absolute atomic E-state index is 16.0. The van der Waals surface area contributed by atoms with E-state index in [4.69, 9.17) is 11.5 Å². The smallest absolute Gasteiger partial charge is 0.339 e. The second-order valence-corrected chi connectivity index (χ2v) is 11.2. The molecule has 4 N–H and O–H groups in total. The van der Waals surface area contributed by atoms with E-state index in [1.165, 1.54) is 24.3 Å². The van der Waals surface area contributed by atoms with Crippen molar-refractivity contribution in [1.82, 2.24) is 0 Å². The molecule has 198 valence electrons. The highest BCUT2D eigenvalue weighted by atomic mass is 19.3. The largest absolute Gasteiger partial charge is 0.398 e. The molecular weight excluding hydrogens is 464 g/mol. The van der Waals surface area contributed by atoms with Crippen molar-refractivity contribution in [2.24, 2.45) is 0 Å². The van der Waals surface area contributed by atoms with Gasteiger partial charge in [0.2, 0.25) is 0 Å². The third-order valence-electron chi connectivity index (χ3n) is 8.98. The van der Waals surface area contributed by atoms with Crippen molar-refractivity contribution >= 4 is 11.4 Å². The topological polar surface area (TPSA) is 52.0 Å². The van der Waals surface area contributed by atoms with Crippen LogP contribution in [0, 0.1) is 0 Å². The zero-order chi connectivity index (χ0) is 26.4. The van der Waals surface area contributed by atoms with Gasteiger partial charge in [0.1, 0.15) is 0 Å². The van der Waals surface area contributed by atoms with Crippen LogP contribution >= 0.6 is 0 Å². The average Bonchev–Trinajstić information content (AvgIpc) is 2.77. The number of anilines is 2. The molecule has 4 rings (SSSR count). The van der Waals surface area contributed by atoms with E-state index in [0.29, 0.717) is 46.5 Å². The molecule has 2 unspecified atom stereocenters. The average molecular weight is 505 g/mol. The minimum Gasteiger partial charge on any atom is -0.398 e. The Morgan fingerprint density at radius 2 is 1.03 bits per heavy atom. The van der Waals surface area contributed by atoms with Crippen LogP contribution < -0.4 is 11.5 Å². The summed E-state index contributed by atoms with van der Waals surface area (Å²) in [5.74, 6) is -8.91. The van der Waals surface area contributed by atoms with Crippen LogP contribution in [0.3, 0.4) is 0 Å². The quantitative estimate of drug-likeness (QED) is 0.264. The second-order valence-electron chi connectivity index (χ2n) is 11.2. The number of benzene rings is 2. The summed E-state index contributed by atoms with van der Waals surface area (Å²) >= 11 is 0. The van der Waals surface area contributed by atoms with Crippen molar-refractivity contribution in [3.8, 4) is 0 Å². The fourth-order valence-electron chi connectivity index (χ4n) is 5.49. The number of nitrogens with two attached hydrogens (primary N) is 2. The summed E-state index contributed by atoms with van der Waals surface area (Å²) in [5, 5.41) is 0. The molecule has 36 heavy (non-hydrogen) atoms. The van der Waals surface area contributed by atoms with Crippen LogP contribution in [-0.2, 0) is 11.8 Å². The Morgan fingerprint density at radius 1 is 0.694 bits per heavy atom.